The van der Waals surface area contributed by atoms with Crippen LogP contribution in [0.15, 0.2) is 11.6 Å². The molecule has 1 aromatic rings. The molecule has 0 bridgehead atoms. The average Bonchev–Trinajstić information content (AvgIpc) is 3.27. The number of amides is 2. The lowest BCUT2D eigenvalue weighted by Crippen LogP contribution is -2.51. The number of hydrogen-bond donors (Lipinski definition) is 1. The highest BCUT2D eigenvalue weighted by Crippen LogP contribution is 2.22. The summed E-state index contributed by atoms with van der Waals surface area (Å²) in [6.07, 6.45) is 5.73. The van der Waals surface area contributed by atoms with Crippen molar-refractivity contribution in [3.63, 3.8) is 0 Å². The van der Waals surface area contributed by atoms with Gasteiger partial charge in [0.05, 0.1) is 12.0 Å². The summed E-state index contributed by atoms with van der Waals surface area (Å²) >= 11 is 1.43. The van der Waals surface area contributed by atoms with Crippen LogP contribution in [-0.2, 0) is 9.59 Å². The Morgan fingerprint density at radius 3 is 2.78 bits per heavy atom. The molecule has 0 spiro atoms. The van der Waals surface area contributed by atoms with Crippen molar-refractivity contribution in [3.05, 3.63) is 11.6 Å². The van der Waals surface area contributed by atoms with Crippen LogP contribution in [0.25, 0.3) is 0 Å². The molecule has 2 aliphatic rings. The summed E-state index contributed by atoms with van der Waals surface area (Å²) in [5.41, 5.74) is 0. The Morgan fingerprint density at radius 1 is 1.30 bits per heavy atom. The normalized spacial score (nSPS) is 23.7. The standard InChI is InChI=1S/C16H24N4O2S/c1-12(15(22)19-7-2-3-8-19)20-9-4-5-13(11-20)14(21)18-16-17-6-10-23-16/h6,10,12-13H,2-5,7-9,11H2,1H3,(H,17,18,21)/t12-,13+/m0/s1. The molecule has 2 amide bonds. The first kappa shape index (κ1) is 16.4. The van der Waals surface area contributed by atoms with Gasteiger partial charge < -0.3 is 10.2 Å². The lowest BCUT2D eigenvalue weighted by molar-refractivity contribution is -0.137. The van der Waals surface area contributed by atoms with E-state index >= 15 is 0 Å². The molecule has 2 fully saturated rings. The minimum absolute atomic E-state index is 0.0190. The number of nitrogens with zero attached hydrogens (tertiary/aromatic N) is 3. The van der Waals surface area contributed by atoms with Crippen LogP contribution in [-0.4, -0.2) is 58.8 Å². The highest BCUT2D eigenvalue weighted by molar-refractivity contribution is 7.13. The molecule has 7 heteroatoms. The number of aromatic nitrogens is 1. The van der Waals surface area contributed by atoms with E-state index < -0.39 is 0 Å². The van der Waals surface area contributed by atoms with E-state index in [0.717, 1.165) is 45.3 Å². The molecule has 1 aromatic heterocycles. The zero-order chi connectivity index (χ0) is 16.2. The topological polar surface area (TPSA) is 65.5 Å². The molecule has 2 atom stereocenters. The van der Waals surface area contributed by atoms with Crippen molar-refractivity contribution in [1.82, 2.24) is 14.8 Å². The largest absolute Gasteiger partial charge is 0.341 e. The zero-order valence-corrected chi connectivity index (χ0v) is 14.3. The highest BCUT2D eigenvalue weighted by atomic mass is 32.1. The van der Waals surface area contributed by atoms with E-state index in [0.29, 0.717) is 11.7 Å². The Labute approximate surface area is 140 Å². The van der Waals surface area contributed by atoms with Gasteiger partial charge in [-0.15, -0.1) is 11.3 Å². The van der Waals surface area contributed by atoms with Crippen LogP contribution in [0, 0.1) is 5.92 Å². The minimum Gasteiger partial charge on any atom is -0.341 e. The Hall–Kier alpha value is -1.47. The van der Waals surface area contributed by atoms with Crippen LogP contribution >= 0.6 is 11.3 Å². The molecular weight excluding hydrogens is 312 g/mol. The van der Waals surface area contributed by atoms with Gasteiger partial charge in [0.1, 0.15) is 0 Å². The predicted molar refractivity (Wildman–Crippen MR) is 90.3 cm³/mol. The first-order chi connectivity index (χ1) is 11.1. The van der Waals surface area contributed by atoms with Crippen molar-refractivity contribution in [2.45, 2.75) is 38.6 Å². The molecule has 23 heavy (non-hydrogen) atoms. The summed E-state index contributed by atoms with van der Waals surface area (Å²) in [5, 5.41) is 5.38. The molecule has 3 heterocycles. The second-order valence-corrected chi connectivity index (χ2v) is 7.26. The third kappa shape index (κ3) is 3.90. The van der Waals surface area contributed by atoms with E-state index in [2.05, 4.69) is 15.2 Å². The van der Waals surface area contributed by atoms with Crippen LogP contribution in [0.3, 0.4) is 0 Å². The third-order valence-electron chi connectivity index (χ3n) is 4.81. The number of anilines is 1. The van der Waals surface area contributed by atoms with Crippen molar-refractivity contribution in [3.8, 4) is 0 Å². The van der Waals surface area contributed by atoms with Gasteiger partial charge in [-0.25, -0.2) is 4.98 Å². The van der Waals surface area contributed by atoms with E-state index in [4.69, 9.17) is 0 Å². The summed E-state index contributed by atoms with van der Waals surface area (Å²) in [5.74, 6) is 0.162. The smallest absolute Gasteiger partial charge is 0.239 e. The number of likely N-dealkylation sites (tertiary alicyclic amines) is 2. The lowest BCUT2D eigenvalue weighted by atomic mass is 9.96. The van der Waals surface area contributed by atoms with E-state index in [1.165, 1.54) is 11.3 Å². The first-order valence-electron chi connectivity index (χ1n) is 8.38. The third-order valence-corrected chi connectivity index (χ3v) is 5.50. The second kappa shape index (κ2) is 7.40. The Bertz CT molecular complexity index is 542. The van der Waals surface area contributed by atoms with Crippen molar-refractivity contribution >= 4 is 28.3 Å². The van der Waals surface area contributed by atoms with E-state index in [-0.39, 0.29) is 23.8 Å². The van der Waals surface area contributed by atoms with Crippen molar-refractivity contribution in [1.29, 1.82) is 0 Å². The maximum atomic E-state index is 12.6. The highest BCUT2D eigenvalue weighted by Gasteiger charge is 2.33. The molecular formula is C16H24N4O2S. The lowest BCUT2D eigenvalue weighted by Gasteiger charge is -2.36. The van der Waals surface area contributed by atoms with Crippen LogP contribution in [0.4, 0.5) is 5.13 Å². The van der Waals surface area contributed by atoms with Gasteiger partial charge in [0.25, 0.3) is 0 Å². The summed E-state index contributed by atoms with van der Waals surface area (Å²) in [7, 11) is 0. The number of piperidine rings is 1. The number of carbonyl (C=O) groups is 2. The summed E-state index contributed by atoms with van der Waals surface area (Å²) in [6.45, 7) is 5.28. The fourth-order valence-electron chi connectivity index (χ4n) is 3.42. The van der Waals surface area contributed by atoms with Gasteiger partial charge in [-0.3, -0.25) is 14.5 Å². The van der Waals surface area contributed by atoms with Crippen molar-refractivity contribution < 1.29 is 9.59 Å². The van der Waals surface area contributed by atoms with Crippen LogP contribution in [0.5, 0.6) is 0 Å². The molecule has 0 radical (unpaired) electrons. The van der Waals surface area contributed by atoms with Crippen LogP contribution < -0.4 is 5.32 Å². The molecule has 0 aliphatic carbocycles. The average molecular weight is 336 g/mol. The first-order valence-corrected chi connectivity index (χ1v) is 9.26. The molecule has 3 rings (SSSR count). The number of nitrogens with one attached hydrogen (secondary N) is 1. The molecule has 0 unspecified atom stereocenters. The van der Waals surface area contributed by atoms with Gasteiger partial charge in [-0.05, 0) is 39.2 Å². The van der Waals surface area contributed by atoms with Gasteiger partial charge in [0.2, 0.25) is 11.8 Å². The molecule has 2 aliphatic heterocycles. The fourth-order valence-corrected chi connectivity index (χ4v) is 3.95. The molecule has 6 nitrogen and oxygen atoms in total. The molecule has 0 saturated carbocycles. The quantitative estimate of drug-likeness (QED) is 0.911. The van der Waals surface area contributed by atoms with Gasteiger partial charge in [0.15, 0.2) is 5.13 Å². The van der Waals surface area contributed by atoms with E-state index in [9.17, 15) is 9.59 Å². The summed E-state index contributed by atoms with van der Waals surface area (Å²) in [4.78, 5) is 33.2. The van der Waals surface area contributed by atoms with Gasteiger partial charge in [-0.2, -0.15) is 0 Å². The van der Waals surface area contributed by atoms with Crippen LogP contribution in [0.2, 0.25) is 0 Å². The minimum atomic E-state index is -0.136. The Kier molecular flexibility index (Phi) is 5.27. The Balaban J connectivity index is 1.56. The Morgan fingerprint density at radius 2 is 2.09 bits per heavy atom. The summed E-state index contributed by atoms with van der Waals surface area (Å²) in [6, 6.07) is -0.136. The molecule has 0 aromatic carbocycles. The van der Waals surface area contributed by atoms with E-state index in [1.807, 2.05) is 17.2 Å². The van der Waals surface area contributed by atoms with Gasteiger partial charge in [-0.1, -0.05) is 0 Å². The van der Waals surface area contributed by atoms with Crippen molar-refractivity contribution in [2.75, 3.05) is 31.5 Å². The van der Waals surface area contributed by atoms with Crippen molar-refractivity contribution in [2.24, 2.45) is 5.92 Å². The van der Waals surface area contributed by atoms with E-state index in [1.54, 1.807) is 6.20 Å². The maximum absolute atomic E-state index is 12.6. The monoisotopic (exact) mass is 336 g/mol. The number of rotatable bonds is 4. The molecule has 1 N–H and O–H groups in total. The SMILES string of the molecule is C[C@@H](C(=O)N1CCCC1)N1CCC[C@@H](C(=O)Nc2nccs2)C1. The second-order valence-electron chi connectivity index (χ2n) is 6.37. The number of carbonyl (C=O) groups excluding carboxylic acids is 2. The van der Waals surface area contributed by atoms with Crippen LogP contribution in [0.1, 0.15) is 32.6 Å². The zero-order valence-electron chi connectivity index (χ0n) is 13.5. The fraction of sp³-hybridized carbons (Fsp3) is 0.688. The van der Waals surface area contributed by atoms with Gasteiger partial charge >= 0.3 is 0 Å². The maximum Gasteiger partial charge on any atom is 0.239 e. The number of hydrogen-bond acceptors (Lipinski definition) is 5. The number of thiazole rings is 1. The predicted octanol–water partition coefficient (Wildman–Crippen LogP) is 1.80. The summed E-state index contributed by atoms with van der Waals surface area (Å²) < 4.78 is 0. The molecule has 126 valence electrons. The van der Waals surface area contributed by atoms with Gasteiger partial charge in [0, 0.05) is 31.2 Å². The molecule has 2 saturated heterocycles.